The van der Waals surface area contributed by atoms with Gasteiger partial charge >= 0.3 is 0 Å². The van der Waals surface area contributed by atoms with Crippen LogP contribution in [0, 0.1) is 13.8 Å². The topological polar surface area (TPSA) is 15.3 Å². The Hall–Kier alpha value is -1.02. The van der Waals surface area contributed by atoms with Crippen LogP contribution in [0.5, 0.6) is 0 Å². The molecule has 1 aromatic carbocycles. The Bertz CT molecular complexity index is 366. The molecule has 0 aromatic heterocycles. The summed E-state index contributed by atoms with van der Waals surface area (Å²) in [6, 6.07) is 7.65. The maximum absolute atomic E-state index is 3.28. The summed E-state index contributed by atoms with van der Waals surface area (Å²) in [5, 5.41) is 3.28. The second-order valence-corrected chi connectivity index (χ2v) is 5.58. The zero-order valence-electron chi connectivity index (χ0n) is 12.0. The molecule has 1 fully saturated rings. The van der Waals surface area contributed by atoms with E-state index < -0.39 is 0 Å². The first-order valence-electron chi connectivity index (χ1n) is 7.20. The highest BCUT2D eigenvalue weighted by Gasteiger charge is 2.22. The molecule has 100 valence electrons. The molecule has 1 aliphatic rings. The number of aryl methyl sites for hydroxylation is 2. The molecule has 0 saturated carbocycles. The average molecular weight is 246 g/mol. The molecule has 1 heterocycles. The van der Waals surface area contributed by atoms with E-state index in [0.29, 0.717) is 6.04 Å². The lowest BCUT2D eigenvalue weighted by molar-refractivity contribution is 0.433. The van der Waals surface area contributed by atoms with Crippen LogP contribution in [-0.4, -0.2) is 26.2 Å². The third-order valence-electron chi connectivity index (χ3n) is 3.89. The lowest BCUT2D eigenvalue weighted by Crippen LogP contribution is -2.41. The first-order valence-corrected chi connectivity index (χ1v) is 7.20. The predicted octanol–water partition coefficient (Wildman–Crippen LogP) is 3.27. The van der Waals surface area contributed by atoms with Gasteiger partial charge in [-0.05, 0) is 76.4 Å². The molecular formula is C16H26N2. The van der Waals surface area contributed by atoms with Gasteiger partial charge in [0.05, 0.1) is 0 Å². The number of piperidine rings is 1. The van der Waals surface area contributed by atoms with E-state index in [1.165, 1.54) is 49.0 Å². The van der Waals surface area contributed by atoms with E-state index in [-0.39, 0.29) is 0 Å². The molecule has 2 rings (SSSR count). The van der Waals surface area contributed by atoms with E-state index in [1.54, 1.807) is 0 Å². The smallest absolute Gasteiger partial charge is 0.0374 e. The molecule has 0 amide bonds. The molecule has 2 nitrogen and oxygen atoms in total. The van der Waals surface area contributed by atoms with Crippen molar-refractivity contribution in [2.75, 3.05) is 25.0 Å². The van der Waals surface area contributed by atoms with Crippen LogP contribution in [0.1, 0.15) is 36.8 Å². The SMILES string of the molecule is CNCCC1CCCCN1c1cc(C)cc(C)c1. The molecular weight excluding hydrogens is 220 g/mol. The third-order valence-corrected chi connectivity index (χ3v) is 3.89. The molecule has 1 unspecified atom stereocenters. The number of anilines is 1. The Morgan fingerprint density at radius 2 is 1.89 bits per heavy atom. The molecule has 1 N–H and O–H groups in total. The highest BCUT2D eigenvalue weighted by Crippen LogP contribution is 2.28. The van der Waals surface area contributed by atoms with Crippen LogP contribution in [-0.2, 0) is 0 Å². The lowest BCUT2D eigenvalue weighted by Gasteiger charge is -2.38. The number of nitrogens with one attached hydrogen (secondary N) is 1. The fourth-order valence-corrected chi connectivity index (χ4v) is 3.07. The van der Waals surface area contributed by atoms with Crippen LogP contribution in [0.2, 0.25) is 0 Å². The van der Waals surface area contributed by atoms with Gasteiger partial charge in [0, 0.05) is 18.3 Å². The van der Waals surface area contributed by atoms with Crippen molar-refractivity contribution in [3.8, 4) is 0 Å². The zero-order valence-corrected chi connectivity index (χ0v) is 12.0. The van der Waals surface area contributed by atoms with Crippen LogP contribution in [0.25, 0.3) is 0 Å². The first-order chi connectivity index (χ1) is 8.70. The predicted molar refractivity (Wildman–Crippen MR) is 79.4 cm³/mol. The summed E-state index contributed by atoms with van der Waals surface area (Å²) in [5.74, 6) is 0. The maximum Gasteiger partial charge on any atom is 0.0374 e. The van der Waals surface area contributed by atoms with Crippen molar-refractivity contribution >= 4 is 5.69 Å². The Labute approximate surface area is 111 Å². The zero-order chi connectivity index (χ0) is 13.0. The molecule has 18 heavy (non-hydrogen) atoms. The van der Waals surface area contributed by atoms with Gasteiger partial charge in [-0.2, -0.15) is 0 Å². The fourth-order valence-electron chi connectivity index (χ4n) is 3.07. The number of rotatable bonds is 4. The van der Waals surface area contributed by atoms with Gasteiger partial charge in [0.1, 0.15) is 0 Å². The van der Waals surface area contributed by atoms with Gasteiger partial charge < -0.3 is 10.2 Å². The quantitative estimate of drug-likeness (QED) is 0.877. The second kappa shape index (κ2) is 6.24. The highest BCUT2D eigenvalue weighted by atomic mass is 15.2. The van der Waals surface area contributed by atoms with Gasteiger partial charge in [-0.3, -0.25) is 0 Å². The Morgan fingerprint density at radius 1 is 1.17 bits per heavy atom. The van der Waals surface area contributed by atoms with Gasteiger partial charge in [0.25, 0.3) is 0 Å². The van der Waals surface area contributed by atoms with Crippen molar-refractivity contribution in [1.82, 2.24) is 5.32 Å². The molecule has 0 aliphatic carbocycles. The Kier molecular flexibility index (Phi) is 4.65. The van der Waals surface area contributed by atoms with Crippen molar-refractivity contribution in [3.05, 3.63) is 29.3 Å². The van der Waals surface area contributed by atoms with E-state index in [9.17, 15) is 0 Å². The van der Waals surface area contributed by atoms with Gasteiger partial charge in [0.15, 0.2) is 0 Å². The van der Waals surface area contributed by atoms with Crippen molar-refractivity contribution in [2.24, 2.45) is 0 Å². The minimum atomic E-state index is 0.715. The molecule has 1 saturated heterocycles. The van der Waals surface area contributed by atoms with Crippen molar-refractivity contribution < 1.29 is 0 Å². The van der Waals surface area contributed by atoms with Crippen LogP contribution >= 0.6 is 0 Å². The van der Waals surface area contributed by atoms with Gasteiger partial charge in [-0.1, -0.05) is 6.07 Å². The molecule has 0 bridgehead atoms. The molecule has 1 atom stereocenters. The lowest BCUT2D eigenvalue weighted by atomic mass is 9.97. The summed E-state index contributed by atoms with van der Waals surface area (Å²) in [6.45, 7) is 6.73. The number of hydrogen-bond donors (Lipinski definition) is 1. The second-order valence-electron chi connectivity index (χ2n) is 5.58. The van der Waals surface area contributed by atoms with E-state index >= 15 is 0 Å². The number of benzene rings is 1. The standard InChI is InChI=1S/C16H26N2/c1-13-10-14(2)12-16(11-13)18-9-5-4-6-15(18)7-8-17-3/h10-12,15,17H,4-9H2,1-3H3. The molecule has 1 aromatic rings. The van der Waals surface area contributed by atoms with Crippen molar-refractivity contribution in [3.63, 3.8) is 0 Å². The summed E-state index contributed by atoms with van der Waals surface area (Å²) in [7, 11) is 2.05. The number of hydrogen-bond acceptors (Lipinski definition) is 2. The van der Waals surface area contributed by atoms with E-state index in [1.807, 2.05) is 7.05 Å². The summed E-state index contributed by atoms with van der Waals surface area (Å²) >= 11 is 0. The Balaban J connectivity index is 2.16. The minimum absolute atomic E-state index is 0.715. The summed E-state index contributed by atoms with van der Waals surface area (Å²) in [6.07, 6.45) is 5.32. The maximum atomic E-state index is 3.28. The van der Waals surface area contributed by atoms with Gasteiger partial charge in [0.2, 0.25) is 0 Å². The fraction of sp³-hybridized carbons (Fsp3) is 0.625. The van der Waals surface area contributed by atoms with Crippen molar-refractivity contribution in [1.29, 1.82) is 0 Å². The normalized spacial score (nSPS) is 20.2. The van der Waals surface area contributed by atoms with Gasteiger partial charge in [-0.15, -0.1) is 0 Å². The molecule has 0 spiro atoms. The summed E-state index contributed by atoms with van der Waals surface area (Å²) in [4.78, 5) is 2.63. The molecule has 2 heteroatoms. The molecule has 0 radical (unpaired) electrons. The van der Waals surface area contributed by atoms with Crippen LogP contribution in [0.4, 0.5) is 5.69 Å². The van der Waals surface area contributed by atoms with Crippen molar-refractivity contribution in [2.45, 2.75) is 45.6 Å². The third kappa shape index (κ3) is 3.26. The average Bonchev–Trinajstić information content (AvgIpc) is 2.35. The Morgan fingerprint density at radius 3 is 2.56 bits per heavy atom. The summed E-state index contributed by atoms with van der Waals surface area (Å²) in [5.41, 5.74) is 4.18. The van der Waals surface area contributed by atoms with Gasteiger partial charge in [-0.25, -0.2) is 0 Å². The molecule has 1 aliphatic heterocycles. The van der Waals surface area contributed by atoms with Crippen LogP contribution in [0.3, 0.4) is 0 Å². The van der Waals surface area contributed by atoms with E-state index in [0.717, 1.165) is 6.54 Å². The van der Waals surface area contributed by atoms with E-state index in [2.05, 4.69) is 42.3 Å². The highest BCUT2D eigenvalue weighted by molar-refractivity contribution is 5.52. The van der Waals surface area contributed by atoms with E-state index in [4.69, 9.17) is 0 Å². The first kappa shape index (κ1) is 13.4. The minimum Gasteiger partial charge on any atom is -0.368 e. The van der Waals surface area contributed by atoms with Crippen LogP contribution in [0.15, 0.2) is 18.2 Å². The monoisotopic (exact) mass is 246 g/mol. The van der Waals surface area contributed by atoms with Crippen LogP contribution < -0.4 is 10.2 Å². The summed E-state index contributed by atoms with van der Waals surface area (Å²) < 4.78 is 0. The largest absolute Gasteiger partial charge is 0.368 e. The number of nitrogens with zero attached hydrogens (tertiary/aromatic N) is 1.